The number of fused-ring (bicyclic) bond motifs is 2. The van der Waals surface area contributed by atoms with Gasteiger partial charge in [0, 0.05) is 45.9 Å². The maximum Gasteiger partial charge on any atom is 0.298 e. The van der Waals surface area contributed by atoms with Crippen molar-refractivity contribution in [2.45, 2.75) is 6.54 Å². The number of nitrogens with zero attached hydrogens (tertiary/aromatic N) is 7. The van der Waals surface area contributed by atoms with Gasteiger partial charge in [0.05, 0.1) is 12.9 Å². The Morgan fingerprint density at radius 1 is 1.10 bits per heavy atom. The molecule has 9 nitrogen and oxygen atoms in total. The van der Waals surface area contributed by atoms with E-state index in [1.165, 1.54) is 12.1 Å². The summed E-state index contributed by atoms with van der Waals surface area (Å²) in [6.07, 6.45) is 3.35. The third-order valence-corrected chi connectivity index (χ3v) is 5.11. The Hall–Kier alpha value is -3.27. The van der Waals surface area contributed by atoms with Crippen LogP contribution in [0.2, 0.25) is 0 Å². The fourth-order valence-corrected chi connectivity index (χ4v) is 3.58. The van der Waals surface area contributed by atoms with Crippen LogP contribution in [0.5, 0.6) is 0 Å². The molecule has 1 aliphatic heterocycles. The Kier molecular flexibility index (Phi) is 4.47. The number of aromatic nitrogens is 5. The van der Waals surface area contributed by atoms with E-state index < -0.39 is 0 Å². The van der Waals surface area contributed by atoms with Crippen molar-refractivity contribution in [3.63, 3.8) is 0 Å². The number of rotatable bonds is 5. The molecule has 3 aromatic heterocycles. The number of ether oxygens (including phenoxy) is 1. The molecule has 0 saturated carbocycles. The molecule has 0 bridgehead atoms. The summed E-state index contributed by atoms with van der Waals surface area (Å²) < 4.78 is 26.3. The number of imidazole rings is 1. The highest BCUT2D eigenvalue weighted by molar-refractivity contribution is 5.83. The minimum atomic E-state index is -0.331. The summed E-state index contributed by atoms with van der Waals surface area (Å²) in [6, 6.07) is 4.89. The number of anilines is 2. The SMILES string of the molecule is COCCn1cnc2c(N3CCN(c4nc5ccc(F)cc5o4)CC3)ncnc21. The lowest BCUT2D eigenvalue weighted by Crippen LogP contribution is -2.47. The van der Waals surface area contributed by atoms with E-state index in [0.717, 1.165) is 30.1 Å². The van der Waals surface area contributed by atoms with E-state index >= 15 is 0 Å². The zero-order valence-electron chi connectivity index (χ0n) is 16.0. The maximum atomic E-state index is 13.4. The van der Waals surface area contributed by atoms with Gasteiger partial charge in [-0.25, -0.2) is 19.3 Å². The average molecular weight is 397 g/mol. The molecular formula is C19H20FN7O2. The molecule has 10 heteroatoms. The van der Waals surface area contributed by atoms with Crippen molar-refractivity contribution in [2.75, 3.05) is 49.7 Å². The molecule has 0 N–H and O–H groups in total. The summed E-state index contributed by atoms with van der Waals surface area (Å²) in [5.41, 5.74) is 2.70. The molecule has 1 aromatic carbocycles. The molecule has 0 amide bonds. The number of methoxy groups -OCH3 is 1. The Morgan fingerprint density at radius 3 is 2.76 bits per heavy atom. The van der Waals surface area contributed by atoms with Crippen LogP contribution < -0.4 is 9.80 Å². The van der Waals surface area contributed by atoms with Crippen molar-refractivity contribution in [3.05, 3.63) is 36.7 Å². The smallest absolute Gasteiger partial charge is 0.298 e. The summed E-state index contributed by atoms with van der Waals surface area (Å²) >= 11 is 0. The van der Waals surface area contributed by atoms with Crippen LogP contribution in [0.25, 0.3) is 22.3 Å². The topological polar surface area (TPSA) is 85.3 Å². The van der Waals surface area contributed by atoms with E-state index in [1.807, 2.05) is 4.57 Å². The predicted octanol–water partition coefficient (Wildman–Crippen LogP) is 2.08. The molecule has 4 heterocycles. The second-order valence-corrected chi connectivity index (χ2v) is 6.88. The Labute approximate surface area is 165 Å². The van der Waals surface area contributed by atoms with Crippen LogP contribution in [0.3, 0.4) is 0 Å². The van der Waals surface area contributed by atoms with E-state index in [4.69, 9.17) is 9.15 Å². The van der Waals surface area contributed by atoms with Crippen LogP contribution in [0, 0.1) is 5.82 Å². The van der Waals surface area contributed by atoms with E-state index in [2.05, 4.69) is 29.7 Å². The first-order valence-corrected chi connectivity index (χ1v) is 9.43. The van der Waals surface area contributed by atoms with E-state index in [9.17, 15) is 4.39 Å². The van der Waals surface area contributed by atoms with Gasteiger partial charge in [0.2, 0.25) is 0 Å². The Morgan fingerprint density at radius 2 is 1.93 bits per heavy atom. The third kappa shape index (κ3) is 3.25. The first-order valence-electron chi connectivity index (χ1n) is 9.43. The molecule has 0 radical (unpaired) electrons. The van der Waals surface area contributed by atoms with Crippen LogP contribution >= 0.6 is 0 Å². The lowest BCUT2D eigenvalue weighted by molar-refractivity contribution is 0.188. The van der Waals surface area contributed by atoms with Gasteiger partial charge >= 0.3 is 0 Å². The summed E-state index contributed by atoms with van der Waals surface area (Å²) in [6.45, 7) is 4.19. The van der Waals surface area contributed by atoms with E-state index in [-0.39, 0.29) is 5.82 Å². The van der Waals surface area contributed by atoms with Crippen LogP contribution in [0.15, 0.2) is 35.3 Å². The van der Waals surface area contributed by atoms with Crippen molar-refractivity contribution in [2.24, 2.45) is 0 Å². The zero-order chi connectivity index (χ0) is 19.8. The molecule has 1 aliphatic rings. The van der Waals surface area contributed by atoms with Gasteiger partial charge in [-0.15, -0.1) is 0 Å². The number of halogens is 1. The van der Waals surface area contributed by atoms with Gasteiger partial charge in [-0.1, -0.05) is 0 Å². The van der Waals surface area contributed by atoms with Crippen LogP contribution in [0.1, 0.15) is 0 Å². The molecule has 1 fully saturated rings. The molecule has 0 spiro atoms. The van der Waals surface area contributed by atoms with Gasteiger partial charge in [-0.3, -0.25) is 0 Å². The first kappa shape index (κ1) is 17.8. The summed E-state index contributed by atoms with van der Waals surface area (Å²) in [7, 11) is 1.67. The van der Waals surface area contributed by atoms with Gasteiger partial charge in [0.15, 0.2) is 22.6 Å². The van der Waals surface area contributed by atoms with Crippen molar-refractivity contribution in [1.82, 2.24) is 24.5 Å². The lowest BCUT2D eigenvalue weighted by Gasteiger charge is -2.34. The molecule has 0 atom stereocenters. The standard InChI is InChI=1S/C19H20FN7O2/c1-28-9-8-27-12-23-16-17(21-11-22-18(16)27)25-4-6-26(7-5-25)19-24-14-3-2-13(20)10-15(14)29-19/h2-3,10-12H,4-9H2,1H3. The maximum absolute atomic E-state index is 13.4. The lowest BCUT2D eigenvalue weighted by atomic mass is 10.3. The minimum absolute atomic E-state index is 0.331. The van der Waals surface area contributed by atoms with Gasteiger partial charge in [-0.05, 0) is 12.1 Å². The molecule has 29 heavy (non-hydrogen) atoms. The number of piperazine rings is 1. The largest absolute Gasteiger partial charge is 0.423 e. The second-order valence-electron chi connectivity index (χ2n) is 6.88. The van der Waals surface area contributed by atoms with E-state index in [1.54, 1.807) is 25.8 Å². The fourth-order valence-electron chi connectivity index (χ4n) is 3.58. The highest BCUT2D eigenvalue weighted by Gasteiger charge is 2.24. The number of hydrogen-bond acceptors (Lipinski definition) is 8. The van der Waals surface area contributed by atoms with E-state index in [0.29, 0.717) is 43.4 Å². The van der Waals surface area contributed by atoms with Crippen LogP contribution in [-0.4, -0.2) is 64.4 Å². The highest BCUT2D eigenvalue weighted by atomic mass is 19.1. The number of hydrogen-bond donors (Lipinski definition) is 0. The monoisotopic (exact) mass is 397 g/mol. The highest BCUT2D eigenvalue weighted by Crippen LogP contribution is 2.26. The molecule has 5 rings (SSSR count). The average Bonchev–Trinajstić information content (AvgIpc) is 3.36. The summed E-state index contributed by atoms with van der Waals surface area (Å²) in [5, 5.41) is 0. The molecular weight excluding hydrogens is 377 g/mol. The Bertz CT molecular complexity index is 1150. The molecule has 0 unspecified atom stereocenters. The molecule has 4 aromatic rings. The second kappa shape index (κ2) is 7.28. The summed E-state index contributed by atoms with van der Waals surface area (Å²) in [5.74, 6) is 0.494. The van der Waals surface area contributed by atoms with Gasteiger partial charge in [0.25, 0.3) is 6.01 Å². The molecule has 0 aliphatic carbocycles. The number of oxazole rings is 1. The van der Waals surface area contributed by atoms with Crippen molar-refractivity contribution in [1.29, 1.82) is 0 Å². The fraction of sp³-hybridized carbons (Fsp3) is 0.368. The van der Waals surface area contributed by atoms with Crippen molar-refractivity contribution in [3.8, 4) is 0 Å². The van der Waals surface area contributed by atoms with Crippen LogP contribution in [-0.2, 0) is 11.3 Å². The van der Waals surface area contributed by atoms with Crippen molar-refractivity contribution < 1.29 is 13.5 Å². The predicted molar refractivity (Wildman–Crippen MR) is 106 cm³/mol. The summed E-state index contributed by atoms with van der Waals surface area (Å²) in [4.78, 5) is 22.1. The number of benzene rings is 1. The van der Waals surface area contributed by atoms with Gasteiger partial charge < -0.3 is 23.5 Å². The molecule has 1 saturated heterocycles. The molecule has 150 valence electrons. The Balaban J connectivity index is 1.34. The third-order valence-electron chi connectivity index (χ3n) is 5.11. The van der Waals surface area contributed by atoms with Gasteiger partial charge in [-0.2, -0.15) is 4.98 Å². The van der Waals surface area contributed by atoms with Crippen molar-refractivity contribution >= 4 is 34.1 Å². The van der Waals surface area contributed by atoms with Crippen LogP contribution in [0.4, 0.5) is 16.2 Å². The van der Waals surface area contributed by atoms with Gasteiger partial charge in [0.1, 0.15) is 17.7 Å². The normalized spacial score (nSPS) is 15.0. The minimum Gasteiger partial charge on any atom is -0.423 e. The quantitative estimate of drug-likeness (QED) is 0.506. The first-order chi connectivity index (χ1) is 14.2. The zero-order valence-corrected chi connectivity index (χ0v) is 16.0.